The molecule has 0 aromatic carbocycles. The summed E-state index contributed by atoms with van der Waals surface area (Å²) in [5.74, 6) is -0.155. The van der Waals surface area contributed by atoms with E-state index in [4.69, 9.17) is 0 Å². The fourth-order valence-corrected chi connectivity index (χ4v) is 1.21. The smallest absolute Gasteiger partial charge is 0.411 e. The molecule has 0 aliphatic heterocycles. The van der Waals surface area contributed by atoms with E-state index >= 15 is 0 Å². The summed E-state index contributed by atoms with van der Waals surface area (Å²) in [6.45, 7) is -1.26. The average Bonchev–Trinajstić information content (AvgIpc) is 2.36. The van der Waals surface area contributed by atoms with Crippen LogP contribution in [0.1, 0.15) is 10.4 Å². The fraction of sp³-hybridized carbons (Fsp3) is 0.455. The Labute approximate surface area is 107 Å². The standard InChI is InChI=1S/C11H13F3N2O3/c1-18-10(17)8-2-3-15-9(6-8)16-4-5-19-7-11(12,13)14/h2-3,6H,4-5,7H2,1H3,(H,15,16). The highest BCUT2D eigenvalue weighted by atomic mass is 19.4. The van der Waals surface area contributed by atoms with Gasteiger partial charge < -0.3 is 14.8 Å². The molecule has 0 aliphatic carbocycles. The molecule has 0 fully saturated rings. The lowest BCUT2D eigenvalue weighted by Gasteiger charge is -2.09. The molecule has 0 saturated carbocycles. The quantitative estimate of drug-likeness (QED) is 0.635. The van der Waals surface area contributed by atoms with E-state index in [1.165, 1.54) is 25.4 Å². The third kappa shape index (κ3) is 6.05. The highest BCUT2D eigenvalue weighted by molar-refractivity contribution is 5.89. The summed E-state index contributed by atoms with van der Waals surface area (Å²) in [5.41, 5.74) is 0.302. The largest absolute Gasteiger partial charge is 0.465 e. The van der Waals surface area contributed by atoms with Crippen molar-refractivity contribution in [2.24, 2.45) is 0 Å². The van der Waals surface area contributed by atoms with Crippen LogP contribution < -0.4 is 5.32 Å². The lowest BCUT2D eigenvalue weighted by atomic mass is 10.2. The minimum absolute atomic E-state index is 0.121. The summed E-state index contributed by atoms with van der Waals surface area (Å²) >= 11 is 0. The van der Waals surface area contributed by atoms with Crippen LogP contribution >= 0.6 is 0 Å². The van der Waals surface area contributed by atoms with Crippen molar-refractivity contribution in [3.63, 3.8) is 0 Å². The zero-order chi connectivity index (χ0) is 14.3. The second-order valence-electron chi connectivity index (χ2n) is 3.52. The molecule has 5 nitrogen and oxygen atoms in total. The number of alkyl halides is 3. The number of anilines is 1. The highest BCUT2D eigenvalue weighted by Gasteiger charge is 2.27. The predicted molar refractivity (Wildman–Crippen MR) is 60.9 cm³/mol. The van der Waals surface area contributed by atoms with Gasteiger partial charge in [-0.3, -0.25) is 0 Å². The Kier molecular flexibility index (Phi) is 5.56. The lowest BCUT2D eigenvalue weighted by molar-refractivity contribution is -0.172. The maximum atomic E-state index is 11.8. The van der Waals surface area contributed by atoms with Crippen LogP contribution in [0.2, 0.25) is 0 Å². The fourth-order valence-electron chi connectivity index (χ4n) is 1.21. The number of carbonyl (C=O) groups excluding carboxylic acids is 1. The van der Waals surface area contributed by atoms with Crippen LogP contribution in [0.5, 0.6) is 0 Å². The van der Waals surface area contributed by atoms with Crippen molar-refractivity contribution in [1.29, 1.82) is 0 Å². The van der Waals surface area contributed by atoms with Crippen LogP contribution in [0.15, 0.2) is 18.3 Å². The van der Waals surface area contributed by atoms with Gasteiger partial charge in [0.25, 0.3) is 0 Å². The molecule has 0 saturated heterocycles. The zero-order valence-electron chi connectivity index (χ0n) is 10.2. The number of carbonyl (C=O) groups is 1. The molecule has 0 bridgehead atoms. The number of hydrogen-bond donors (Lipinski definition) is 1. The third-order valence-electron chi connectivity index (χ3n) is 2.00. The van der Waals surface area contributed by atoms with Gasteiger partial charge in [0.1, 0.15) is 12.4 Å². The molecule has 1 heterocycles. The van der Waals surface area contributed by atoms with E-state index in [0.29, 0.717) is 11.4 Å². The van der Waals surface area contributed by atoms with Crippen LogP contribution in [0.4, 0.5) is 19.0 Å². The minimum atomic E-state index is -4.33. The second kappa shape index (κ2) is 6.93. The van der Waals surface area contributed by atoms with Crippen molar-refractivity contribution in [1.82, 2.24) is 4.98 Å². The number of ether oxygens (including phenoxy) is 2. The summed E-state index contributed by atoms with van der Waals surface area (Å²) in [5, 5.41) is 2.74. The van der Waals surface area contributed by atoms with Gasteiger partial charge in [0.15, 0.2) is 0 Å². The van der Waals surface area contributed by atoms with Gasteiger partial charge in [0, 0.05) is 12.7 Å². The van der Waals surface area contributed by atoms with Crippen LogP contribution in [0.3, 0.4) is 0 Å². The van der Waals surface area contributed by atoms with Crippen molar-refractivity contribution in [3.05, 3.63) is 23.9 Å². The zero-order valence-corrected chi connectivity index (χ0v) is 10.2. The van der Waals surface area contributed by atoms with Crippen molar-refractivity contribution in [2.75, 3.05) is 32.2 Å². The summed E-state index contributed by atoms with van der Waals surface area (Å²) in [6, 6.07) is 2.91. The van der Waals surface area contributed by atoms with Crippen LogP contribution in [0, 0.1) is 0 Å². The van der Waals surface area contributed by atoms with Gasteiger partial charge in [0.2, 0.25) is 0 Å². The van der Waals surface area contributed by atoms with Crippen LogP contribution in [-0.4, -0.2) is 44.0 Å². The summed E-state index contributed by atoms with van der Waals surface area (Å²) < 4.78 is 44.3. The van der Waals surface area contributed by atoms with Gasteiger partial charge in [0.05, 0.1) is 19.3 Å². The molecule has 0 atom stereocenters. The Balaban J connectivity index is 2.35. The summed E-state index contributed by atoms with van der Waals surface area (Å²) in [6.07, 6.45) is -2.94. The third-order valence-corrected chi connectivity index (χ3v) is 2.00. The average molecular weight is 278 g/mol. The van der Waals surface area contributed by atoms with Gasteiger partial charge in [-0.1, -0.05) is 0 Å². The molecule has 19 heavy (non-hydrogen) atoms. The van der Waals surface area contributed by atoms with Crippen molar-refractivity contribution < 1.29 is 27.4 Å². The van der Waals surface area contributed by atoms with E-state index in [1.807, 2.05) is 0 Å². The van der Waals surface area contributed by atoms with E-state index in [-0.39, 0.29) is 13.2 Å². The molecule has 0 aliphatic rings. The monoisotopic (exact) mass is 278 g/mol. The Morgan fingerprint density at radius 1 is 1.47 bits per heavy atom. The van der Waals surface area contributed by atoms with Crippen molar-refractivity contribution in [2.45, 2.75) is 6.18 Å². The molecule has 1 aromatic rings. The molecule has 0 spiro atoms. The Morgan fingerprint density at radius 3 is 2.84 bits per heavy atom. The minimum Gasteiger partial charge on any atom is -0.465 e. The number of pyridine rings is 1. The lowest BCUT2D eigenvalue weighted by Crippen LogP contribution is -2.20. The first-order chi connectivity index (χ1) is 8.92. The molecule has 0 radical (unpaired) electrons. The number of esters is 1. The number of methoxy groups -OCH3 is 1. The Hall–Kier alpha value is -1.83. The number of nitrogens with zero attached hydrogens (tertiary/aromatic N) is 1. The molecule has 8 heteroatoms. The Bertz CT molecular complexity index is 424. The van der Waals surface area contributed by atoms with E-state index in [9.17, 15) is 18.0 Å². The van der Waals surface area contributed by atoms with Crippen LogP contribution in [-0.2, 0) is 9.47 Å². The first-order valence-corrected chi connectivity index (χ1v) is 5.35. The SMILES string of the molecule is COC(=O)c1ccnc(NCCOCC(F)(F)F)c1. The first kappa shape index (κ1) is 15.2. The second-order valence-corrected chi connectivity index (χ2v) is 3.52. The van der Waals surface area contributed by atoms with Crippen LogP contribution in [0.25, 0.3) is 0 Å². The number of hydrogen-bond acceptors (Lipinski definition) is 5. The number of rotatable bonds is 6. The topological polar surface area (TPSA) is 60.5 Å². The molecule has 1 aromatic heterocycles. The molecule has 1 N–H and O–H groups in total. The molecule has 106 valence electrons. The maximum absolute atomic E-state index is 11.8. The molecule has 0 unspecified atom stereocenters. The summed E-state index contributed by atoms with van der Waals surface area (Å²) in [7, 11) is 1.25. The molecular formula is C11H13F3N2O3. The van der Waals surface area contributed by atoms with Gasteiger partial charge in [-0.05, 0) is 12.1 Å². The normalized spacial score (nSPS) is 11.2. The maximum Gasteiger partial charge on any atom is 0.411 e. The van der Waals surface area contributed by atoms with E-state index < -0.39 is 18.8 Å². The van der Waals surface area contributed by atoms with E-state index in [0.717, 1.165) is 0 Å². The van der Waals surface area contributed by atoms with E-state index in [2.05, 4.69) is 19.8 Å². The molecule has 1 rings (SSSR count). The highest BCUT2D eigenvalue weighted by Crippen LogP contribution is 2.14. The first-order valence-electron chi connectivity index (χ1n) is 5.35. The van der Waals surface area contributed by atoms with Gasteiger partial charge in [-0.2, -0.15) is 13.2 Å². The summed E-state index contributed by atoms with van der Waals surface area (Å²) in [4.78, 5) is 15.1. The Morgan fingerprint density at radius 2 is 2.21 bits per heavy atom. The van der Waals surface area contributed by atoms with Crippen molar-refractivity contribution in [3.8, 4) is 0 Å². The predicted octanol–water partition coefficient (Wildman–Crippen LogP) is 1.86. The van der Waals surface area contributed by atoms with Gasteiger partial charge in [-0.15, -0.1) is 0 Å². The molecular weight excluding hydrogens is 265 g/mol. The van der Waals surface area contributed by atoms with Crippen molar-refractivity contribution >= 4 is 11.8 Å². The number of halogens is 3. The number of aromatic nitrogens is 1. The van der Waals surface area contributed by atoms with Gasteiger partial charge >= 0.3 is 12.1 Å². The van der Waals surface area contributed by atoms with E-state index in [1.54, 1.807) is 0 Å². The number of nitrogens with one attached hydrogen (secondary N) is 1. The molecule has 0 amide bonds. The van der Waals surface area contributed by atoms with Gasteiger partial charge in [-0.25, -0.2) is 9.78 Å².